The summed E-state index contributed by atoms with van der Waals surface area (Å²) in [6.07, 6.45) is 0. The summed E-state index contributed by atoms with van der Waals surface area (Å²) in [7, 11) is 2.65. The van der Waals surface area contributed by atoms with Crippen LogP contribution in [0.1, 0.15) is 34.6 Å². The molecule has 0 saturated carbocycles. The second-order valence-electron chi connectivity index (χ2n) is 4.17. The highest BCUT2D eigenvalue weighted by Crippen LogP contribution is 2.07. The van der Waals surface area contributed by atoms with Crippen molar-refractivity contribution in [3.05, 3.63) is 22.8 Å². The Labute approximate surface area is 112 Å². The minimum absolute atomic E-state index is 0.346. The Bertz CT molecular complexity index is 393. The maximum atomic E-state index is 12.8. The molecule has 110 valence electrons. The highest BCUT2D eigenvalue weighted by Gasteiger charge is 2.14. The van der Waals surface area contributed by atoms with E-state index in [1.54, 1.807) is 13.8 Å². The van der Waals surface area contributed by atoms with Crippen LogP contribution in [0.5, 0.6) is 0 Å². The van der Waals surface area contributed by atoms with Crippen molar-refractivity contribution in [3.63, 3.8) is 0 Å². The van der Waals surface area contributed by atoms with Gasteiger partial charge in [0.05, 0.1) is 7.11 Å². The van der Waals surface area contributed by atoms with E-state index in [9.17, 15) is 18.4 Å². The predicted molar refractivity (Wildman–Crippen MR) is 69.4 cm³/mol. The molecule has 0 aliphatic carbocycles. The smallest absolute Gasteiger partial charge is 0.292 e. The fourth-order valence-electron chi connectivity index (χ4n) is 0.787. The van der Waals surface area contributed by atoms with Gasteiger partial charge < -0.3 is 0 Å². The number of halogens is 2. The number of likely N-dealkylation sites (N-methyl/N-ethyl adjacent to an activating group) is 1. The van der Waals surface area contributed by atoms with Gasteiger partial charge in [0.2, 0.25) is 0 Å². The third kappa shape index (κ3) is 8.20. The number of allylic oxidation sites excluding steroid dienone is 3. The number of hydrogen-bond acceptors (Lipinski definition) is 3. The molecule has 0 spiro atoms. The summed E-state index contributed by atoms with van der Waals surface area (Å²) in [4.78, 5) is 25.5. The molecule has 4 nitrogen and oxygen atoms in total. The Kier molecular flexibility index (Phi) is 9.76. The minimum Gasteiger partial charge on any atom is -0.292 e. The summed E-state index contributed by atoms with van der Waals surface area (Å²) in [5.41, 5.74) is 0.788. The summed E-state index contributed by atoms with van der Waals surface area (Å²) in [6, 6.07) is 0. The molecule has 0 aliphatic rings. The first-order chi connectivity index (χ1) is 8.56. The van der Waals surface area contributed by atoms with E-state index >= 15 is 0 Å². The Morgan fingerprint density at radius 2 is 1.26 bits per heavy atom. The lowest BCUT2D eigenvalue weighted by Crippen LogP contribution is -2.26. The highest BCUT2D eigenvalue weighted by molar-refractivity contribution is 5.91. The van der Waals surface area contributed by atoms with Crippen molar-refractivity contribution < 1.29 is 23.2 Å². The topological polar surface area (TPSA) is 46.6 Å². The molecule has 0 N–H and O–H groups in total. The average molecular weight is 277 g/mol. The normalized spacial score (nSPS) is 8.89. The molecule has 0 unspecified atom stereocenters. The van der Waals surface area contributed by atoms with Crippen LogP contribution in [-0.2, 0) is 14.4 Å². The Hall–Kier alpha value is -1.56. The largest absolute Gasteiger partial charge is 0.305 e. The molecule has 0 aromatic rings. The SMILES string of the molecule is CC(=O)C(F)=C(C)C.CON(C)C(=O)C(F)=C(C)C. The van der Waals surface area contributed by atoms with E-state index in [1.807, 2.05) is 0 Å². The molecule has 0 radical (unpaired) electrons. The van der Waals surface area contributed by atoms with Crippen LogP contribution in [0.2, 0.25) is 0 Å². The van der Waals surface area contributed by atoms with Gasteiger partial charge in [0.1, 0.15) is 0 Å². The van der Waals surface area contributed by atoms with Crippen LogP contribution in [0.25, 0.3) is 0 Å². The molecule has 0 bridgehead atoms. The fraction of sp³-hybridized carbons (Fsp3) is 0.538. The van der Waals surface area contributed by atoms with E-state index in [2.05, 4.69) is 4.84 Å². The van der Waals surface area contributed by atoms with E-state index in [4.69, 9.17) is 0 Å². The monoisotopic (exact) mass is 277 g/mol. The third-order valence-corrected chi connectivity index (χ3v) is 1.93. The standard InChI is InChI=1S/C7H12FNO2.C6H9FO/c1-5(2)6(8)7(10)9(3)11-4;1-4(2)6(7)5(3)8/h1-4H3;1-3H3. The van der Waals surface area contributed by atoms with E-state index in [1.165, 1.54) is 34.9 Å². The lowest BCUT2D eigenvalue weighted by atomic mass is 10.2. The van der Waals surface area contributed by atoms with Gasteiger partial charge in [-0.25, -0.2) is 13.8 Å². The van der Waals surface area contributed by atoms with Gasteiger partial charge in [-0.1, -0.05) is 0 Å². The Morgan fingerprint density at radius 3 is 1.42 bits per heavy atom. The molecule has 0 aliphatic heterocycles. The first-order valence-corrected chi connectivity index (χ1v) is 5.55. The van der Waals surface area contributed by atoms with Gasteiger partial charge in [-0.05, 0) is 38.8 Å². The van der Waals surface area contributed by atoms with E-state index in [0.717, 1.165) is 5.06 Å². The summed E-state index contributed by atoms with van der Waals surface area (Å²) >= 11 is 0. The maximum Gasteiger partial charge on any atom is 0.305 e. The lowest BCUT2D eigenvalue weighted by molar-refractivity contribution is -0.165. The molecule has 0 atom stereocenters. The Morgan fingerprint density at radius 1 is 0.895 bits per heavy atom. The first-order valence-electron chi connectivity index (χ1n) is 5.55. The van der Waals surface area contributed by atoms with Crippen LogP contribution in [-0.4, -0.2) is 30.9 Å². The van der Waals surface area contributed by atoms with Crippen LogP contribution in [0, 0.1) is 0 Å². The molecule has 0 aromatic heterocycles. The van der Waals surface area contributed by atoms with Crippen LogP contribution in [0.4, 0.5) is 8.78 Å². The zero-order valence-electron chi connectivity index (χ0n) is 12.4. The number of hydrogen-bond donors (Lipinski definition) is 0. The molecule has 0 saturated heterocycles. The van der Waals surface area contributed by atoms with Gasteiger partial charge in [-0.15, -0.1) is 0 Å². The van der Waals surface area contributed by atoms with Crippen molar-refractivity contribution in [1.29, 1.82) is 0 Å². The number of amides is 1. The molecule has 0 aromatic carbocycles. The van der Waals surface area contributed by atoms with Gasteiger partial charge in [0.25, 0.3) is 0 Å². The zero-order valence-corrected chi connectivity index (χ0v) is 12.4. The first kappa shape index (κ1) is 19.8. The summed E-state index contributed by atoms with van der Waals surface area (Å²) < 4.78 is 24.9. The van der Waals surface area contributed by atoms with E-state index in [0.29, 0.717) is 11.1 Å². The van der Waals surface area contributed by atoms with Crippen LogP contribution < -0.4 is 0 Å². The van der Waals surface area contributed by atoms with E-state index < -0.39 is 23.3 Å². The Balaban J connectivity index is 0. The number of nitrogens with zero attached hydrogens (tertiary/aromatic N) is 1. The van der Waals surface area contributed by atoms with Gasteiger partial charge in [0.15, 0.2) is 17.4 Å². The molecule has 0 fully saturated rings. The minimum atomic E-state index is -0.769. The van der Waals surface area contributed by atoms with Gasteiger partial charge >= 0.3 is 5.91 Å². The third-order valence-electron chi connectivity index (χ3n) is 1.93. The number of carbonyl (C=O) groups excluding carboxylic acids is 2. The number of Topliss-reactive ketones (excluding diaryl/α,β-unsaturated/α-hetero) is 1. The lowest BCUT2D eigenvalue weighted by Gasteiger charge is -2.12. The number of ketones is 1. The molecule has 0 rings (SSSR count). The quantitative estimate of drug-likeness (QED) is 0.588. The van der Waals surface area contributed by atoms with Gasteiger partial charge in [-0.3, -0.25) is 14.4 Å². The summed E-state index contributed by atoms with van der Waals surface area (Å²) in [5, 5.41) is 0.836. The van der Waals surface area contributed by atoms with Crippen LogP contribution >= 0.6 is 0 Å². The van der Waals surface area contributed by atoms with Crippen LogP contribution in [0.15, 0.2) is 22.8 Å². The molecular weight excluding hydrogens is 256 g/mol. The molecular formula is C13H21F2NO3. The maximum absolute atomic E-state index is 12.8. The van der Waals surface area contributed by atoms with Crippen molar-refractivity contribution in [2.24, 2.45) is 0 Å². The molecule has 1 amide bonds. The van der Waals surface area contributed by atoms with Crippen molar-refractivity contribution in [3.8, 4) is 0 Å². The molecule has 19 heavy (non-hydrogen) atoms. The van der Waals surface area contributed by atoms with Crippen LogP contribution in [0.3, 0.4) is 0 Å². The zero-order chi connectivity index (χ0) is 15.7. The number of hydroxylamine groups is 2. The van der Waals surface area contributed by atoms with Gasteiger partial charge in [0, 0.05) is 14.0 Å². The fourth-order valence-corrected chi connectivity index (χ4v) is 0.787. The second-order valence-corrected chi connectivity index (χ2v) is 4.17. The summed E-state index contributed by atoms with van der Waals surface area (Å²) in [6.45, 7) is 7.39. The highest BCUT2D eigenvalue weighted by atomic mass is 19.1. The molecule has 0 heterocycles. The average Bonchev–Trinajstić information content (AvgIpc) is 2.35. The van der Waals surface area contributed by atoms with Crippen molar-refractivity contribution in [2.75, 3.05) is 14.2 Å². The number of carbonyl (C=O) groups is 2. The summed E-state index contributed by atoms with van der Waals surface area (Å²) in [5.74, 6) is -2.64. The van der Waals surface area contributed by atoms with Crippen molar-refractivity contribution in [2.45, 2.75) is 34.6 Å². The van der Waals surface area contributed by atoms with E-state index in [-0.39, 0.29) is 0 Å². The second kappa shape index (κ2) is 9.38. The molecule has 6 heteroatoms. The van der Waals surface area contributed by atoms with Crippen molar-refractivity contribution in [1.82, 2.24) is 5.06 Å². The van der Waals surface area contributed by atoms with Gasteiger partial charge in [-0.2, -0.15) is 0 Å². The number of rotatable bonds is 3. The predicted octanol–water partition coefficient (Wildman–Crippen LogP) is 3.11. The van der Waals surface area contributed by atoms with Crippen molar-refractivity contribution >= 4 is 11.7 Å².